The molecule has 0 radical (unpaired) electrons. The first-order valence-corrected chi connectivity index (χ1v) is 11.3. The first-order chi connectivity index (χ1) is 16.9. The lowest BCUT2D eigenvalue weighted by molar-refractivity contribution is -0.162. The van der Waals surface area contributed by atoms with E-state index >= 15 is 0 Å². The molecule has 5 nitrogen and oxygen atoms in total. The van der Waals surface area contributed by atoms with Gasteiger partial charge in [0.05, 0.1) is 5.41 Å². The molecular formula is C30H27NO4. The van der Waals surface area contributed by atoms with E-state index in [0.717, 1.165) is 12.0 Å². The molecule has 1 saturated heterocycles. The number of likely N-dealkylation sites (tertiary alicyclic amines) is 1. The number of ether oxygens (including phenoxy) is 2. The van der Waals surface area contributed by atoms with Gasteiger partial charge in [-0.1, -0.05) is 19.1 Å². The minimum atomic E-state index is -0.481. The van der Waals surface area contributed by atoms with Crippen LogP contribution in [0.4, 0.5) is 0 Å². The number of piperidine rings is 1. The molecule has 5 heteroatoms. The van der Waals surface area contributed by atoms with Gasteiger partial charge in [0, 0.05) is 55.7 Å². The highest BCUT2D eigenvalue weighted by molar-refractivity contribution is 5.91. The highest BCUT2D eigenvalue weighted by Crippen LogP contribution is 2.24. The third-order valence-corrected chi connectivity index (χ3v) is 5.43. The summed E-state index contributed by atoms with van der Waals surface area (Å²) < 4.78 is 10.9. The van der Waals surface area contributed by atoms with Crippen molar-refractivity contribution in [3.05, 3.63) is 35.9 Å². The van der Waals surface area contributed by atoms with E-state index in [1.165, 1.54) is 0 Å². The number of rotatable bonds is 6. The summed E-state index contributed by atoms with van der Waals surface area (Å²) >= 11 is 0. The van der Waals surface area contributed by atoms with Crippen LogP contribution in [-0.4, -0.2) is 36.0 Å². The predicted octanol–water partition coefficient (Wildman–Crippen LogP) is 3.65. The van der Waals surface area contributed by atoms with Gasteiger partial charge in [-0.25, -0.2) is 0 Å². The molecule has 0 atom stereocenters. The Hall–Kier alpha value is -4.50. The van der Waals surface area contributed by atoms with Crippen LogP contribution in [0, 0.1) is 65.3 Å². The maximum absolute atomic E-state index is 12.5. The Kier molecular flexibility index (Phi) is 10.6. The summed E-state index contributed by atoms with van der Waals surface area (Å²) in [6, 6.07) is 7.14. The Labute approximate surface area is 208 Å². The summed E-state index contributed by atoms with van der Waals surface area (Å²) in [7, 11) is 0. The standard InChI is InChI=1S/C30H27NO4/c1-5-7-8-9-10-11-12-13-24-34-26-17-14-25(15-18-26)16-19-28(32)31-22-20-27(21-23-31)35-29(33)30(3,4)6-2/h1,14-19,27H,6,20-23H2,2-4H3/b19-16+. The van der Waals surface area contributed by atoms with Gasteiger partial charge >= 0.3 is 5.97 Å². The number of amides is 1. The Morgan fingerprint density at radius 3 is 2.23 bits per heavy atom. The maximum atomic E-state index is 12.5. The van der Waals surface area contributed by atoms with Crippen LogP contribution >= 0.6 is 0 Å². The van der Waals surface area contributed by atoms with Gasteiger partial charge in [0.25, 0.3) is 0 Å². The summed E-state index contributed by atoms with van der Waals surface area (Å²) in [6.45, 7) is 6.87. The summed E-state index contributed by atoms with van der Waals surface area (Å²) in [4.78, 5) is 26.5. The average molecular weight is 466 g/mol. The van der Waals surface area contributed by atoms with Gasteiger partial charge in [-0.2, -0.15) is 0 Å². The van der Waals surface area contributed by atoms with Gasteiger partial charge in [0.2, 0.25) is 5.91 Å². The minimum absolute atomic E-state index is 0.0678. The van der Waals surface area contributed by atoms with Crippen molar-refractivity contribution in [2.24, 2.45) is 5.41 Å². The fraction of sp³-hybridized carbons (Fsp3) is 0.333. The molecule has 1 aromatic carbocycles. The van der Waals surface area contributed by atoms with Crippen LogP contribution in [-0.2, 0) is 14.3 Å². The Morgan fingerprint density at radius 1 is 1.03 bits per heavy atom. The number of esters is 1. The lowest BCUT2D eigenvalue weighted by Crippen LogP contribution is -2.42. The summed E-state index contributed by atoms with van der Waals surface area (Å²) in [5.41, 5.74) is 0.373. The topological polar surface area (TPSA) is 55.8 Å². The average Bonchev–Trinajstić information content (AvgIpc) is 2.87. The van der Waals surface area contributed by atoms with E-state index in [1.54, 1.807) is 29.2 Å². The largest absolute Gasteiger partial charge is 0.462 e. The van der Waals surface area contributed by atoms with Crippen LogP contribution in [0.25, 0.3) is 6.08 Å². The summed E-state index contributed by atoms with van der Waals surface area (Å²) in [6.07, 6.45) is 12.6. The first kappa shape index (κ1) is 26.7. The molecule has 1 fully saturated rings. The van der Waals surface area contributed by atoms with Crippen molar-refractivity contribution in [3.63, 3.8) is 0 Å². The van der Waals surface area contributed by atoms with Crippen molar-refractivity contribution < 1.29 is 19.1 Å². The van der Waals surface area contributed by atoms with Gasteiger partial charge in [-0.3, -0.25) is 9.59 Å². The number of carbonyl (C=O) groups is 2. The number of terminal acetylenes is 1. The van der Waals surface area contributed by atoms with Gasteiger partial charge in [0.15, 0.2) is 0 Å². The zero-order chi connectivity index (χ0) is 25.5. The van der Waals surface area contributed by atoms with Gasteiger partial charge < -0.3 is 14.4 Å². The fourth-order valence-corrected chi connectivity index (χ4v) is 2.87. The highest BCUT2D eigenvalue weighted by atomic mass is 16.5. The predicted molar refractivity (Wildman–Crippen MR) is 136 cm³/mol. The molecule has 1 aliphatic heterocycles. The van der Waals surface area contributed by atoms with Gasteiger partial charge in [0.1, 0.15) is 18.0 Å². The third kappa shape index (κ3) is 9.48. The molecule has 1 aliphatic rings. The maximum Gasteiger partial charge on any atom is 0.311 e. The summed E-state index contributed by atoms with van der Waals surface area (Å²) in [5, 5.41) is 0. The fourth-order valence-electron chi connectivity index (χ4n) is 2.87. The van der Waals surface area contributed by atoms with Crippen molar-refractivity contribution in [3.8, 4) is 65.6 Å². The lowest BCUT2D eigenvalue weighted by atomic mass is 9.90. The van der Waals surface area contributed by atoms with E-state index in [0.29, 0.717) is 31.7 Å². The molecule has 1 aromatic rings. The zero-order valence-corrected chi connectivity index (χ0v) is 20.2. The smallest absolute Gasteiger partial charge is 0.311 e. The molecule has 0 N–H and O–H groups in total. The van der Waals surface area contributed by atoms with Crippen molar-refractivity contribution in [1.82, 2.24) is 4.90 Å². The number of nitrogens with zero attached hydrogens (tertiary/aromatic N) is 1. The van der Waals surface area contributed by atoms with E-state index in [-0.39, 0.29) is 18.0 Å². The SMILES string of the molecule is C#CC#CC#CC#CC#COc1ccc(/C=C/C(=O)N2CCC(OC(=O)C(C)(C)CC)CC2)cc1. The molecule has 0 saturated carbocycles. The molecule has 1 heterocycles. The quantitative estimate of drug-likeness (QED) is 0.366. The molecule has 176 valence electrons. The second-order valence-corrected chi connectivity index (χ2v) is 8.29. The molecule has 0 unspecified atom stereocenters. The molecule has 35 heavy (non-hydrogen) atoms. The van der Waals surface area contributed by atoms with Crippen molar-refractivity contribution in [2.45, 2.75) is 46.1 Å². The van der Waals surface area contributed by atoms with Crippen molar-refractivity contribution in [1.29, 1.82) is 0 Å². The monoisotopic (exact) mass is 465 g/mol. The normalized spacial score (nSPS) is 12.8. The van der Waals surface area contributed by atoms with Gasteiger partial charge in [-0.15, -0.1) is 6.42 Å². The van der Waals surface area contributed by atoms with Crippen molar-refractivity contribution >= 4 is 18.0 Å². The van der Waals surface area contributed by atoms with E-state index < -0.39 is 5.41 Å². The van der Waals surface area contributed by atoms with Crippen LogP contribution in [0.1, 0.15) is 45.6 Å². The Balaban J connectivity index is 1.79. The minimum Gasteiger partial charge on any atom is -0.462 e. The molecular weight excluding hydrogens is 438 g/mol. The van der Waals surface area contributed by atoms with E-state index in [2.05, 4.69) is 53.5 Å². The van der Waals surface area contributed by atoms with Crippen LogP contribution in [0.3, 0.4) is 0 Å². The van der Waals surface area contributed by atoms with E-state index in [1.807, 2.05) is 32.9 Å². The molecule has 0 bridgehead atoms. The molecule has 0 aromatic heterocycles. The zero-order valence-electron chi connectivity index (χ0n) is 20.2. The molecule has 0 aliphatic carbocycles. The molecule has 1 amide bonds. The Bertz CT molecular complexity index is 1230. The number of hydrogen-bond acceptors (Lipinski definition) is 4. The second-order valence-electron chi connectivity index (χ2n) is 8.29. The number of benzene rings is 1. The lowest BCUT2D eigenvalue weighted by Gasteiger charge is -2.33. The van der Waals surface area contributed by atoms with E-state index in [4.69, 9.17) is 15.9 Å². The Morgan fingerprint density at radius 2 is 1.63 bits per heavy atom. The molecule has 2 rings (SSSR count). The van der Waals surface area contributed by atoms with E-state index in [9.17, 15) is 9.59 Å². The highest BCUT2D eigenvalue weighted by Gasteiger charge is 2.31. The van der Waals surface area contributed by atoms with Gasteiger partial charge in [-0.05, 0) is 67.7 Å². The number of carbonyl (C=O) groups excluding carboxylic acids is 2. The third-order valence-electron chi connectivity index (χ3n) is 5.43. The van der Waals surface area contributed by atoms with Crippen LogP contribution in [0.5, 0.6) is 5.75 Å². The first-order valence-electron chi connectivity index (χ1n) is 11.3. The van der Waals surface area contributed by atoms with Crippen LogP contribution in [0.15, 0.2) is 30.3 Å². The summed E-state index contributed by atoms with van der Waals surface area (Å²) in [5.74, 6) is 19.8. The van der Waals surface area contributed by atoms with Crippen molar-refractivity contribution in [2.75, 3.05) is 13.1 Å². The van der Waals surface area contributed by atoms with Crippen LogP contribution in [0.2, 0.25) is 0 Å². The molecule has 0 spiro atoms. The second kappa shape index (κ2) is 13.9. The number of hydrogen-bond donors (Lipinski definition) is 0. The van der Waals surface area contributed by atoms with Crippen LogP contribution < -0.4 is 4.74 Å².